The number of likely N-dealkylation sites (tertiary alicyclic amines) is 1. The van der Waals surface area contributed by atoms with E-state index in [4.69, 9.17) is 27.9 Å². The zero-order chi connectivity index (χ0) is 31.0. The molecule has 238 valence electrons. The Hall–Kier alpha value is -3.10. The van der Waals surface area contributed by atoms with E-state index < -0.39 is 34.5 Å². The number of benzene rings is 2. The first-order valence-electron chi connectivity index (χ1n) is 14.3. The van der Waals surface area contributed by atoms with Crippen LogP contribution in [0.5, 0.6) is 11.5 Å². The Morgan fingerprint density at radius 3 is 2.47 bits per heavy atom. The van der Waals surface area contributed by atoms with Gasteiger partial charge in [0.05, 0.1) is 70.2 Å². The molecule has 0 aliphatic carbocycles. The third-order valence-corrected chi connectivity index (χ3v) is 8.16. The Kier molecular flexibility index (Phi) is 11.5. The van der Waals surface area contributed by atoms with Crippen molar-refractivity contribution in [2.75, 3.05) is 71.4 Å². The average Bonchev–Trinajstić information content (AvgIpc) is 2.98. The maximum absolute atomic E-state index is 12.1. The number of rotatable bonds is 14. The molecular weight excluding hydrogens is 580 g/mol. The SMILES string of the molecule is COCCCN1CCOc2ccc(CO[C@H]3CN(C(=O)O)C[C@@H](OC[C@@H](C)OS(C)(=O)=O)[C@@H]3c3ccc(OC)cc3)cc21. The van der Waals surface area contributed by atoms with Gasteiger partial charge < -0.3 is 38.6 Å². The first-order valence-corrected chi connectivity index (χ1v) is 16.1. The van der Waals surface area contributed by atoms with Gasteiger partial charge in [-0.05, 0) is 48.7 Å². The van der Waals surface area contributed by atoms with Crippen molar-refractivity contribution >= 4 is 21.9 Å². The molecule has 2 aliphatic heterocycles. The Balaban J connectivity index is 1.57. The van der Waals surface area contributed by atoms with Crippen LogP contribution in [0.15, 0.2) is 42.5 Å². The second-order valence-corrected chi connectivity index (χ2v) is 12.4. The van der Waals surface area contributed by atoms with Gasteiger partial charge in [0, 0.05) is 26.2 Å². The fraction of sp³-hybridized carbons (Fsp3) is 0.567. The van der Waals surface area contributed by atoms with Crippen LogP contribution >= 0.6 is 0 Å². The van der Waals surface area contributed by atoms with Crippen molar-refractivity contribution in [3.05, 3.63) is 53.6 Å². The predicted molar refractivity (Wildman–Crippen MR) is 160 cm³/mol. The molecule has 2 aromatic rings. The van der Waals surface area contributed by atoms with Crippen LogP contribution in [0.3, 0.4) is 0 Å². The van der Waals surface area contributed by atoms with Crippen LogP contribution in [-0.4, -0.2) is 109 Å². The highest BCUT2D eigenvalue weighted by Crippen LogP contribution is 2.36. The molecule has 1 saturated heterocycles. The molecule has 1 fully saturated rings. The maximum atomic E-state index is 12.1. The van der Waals surface area contributed by atoms with E-state index in [-0.39, 0.29) is 32.2 Å². The third kappa shape index (κ3) is 9.19. The van der Waals surface area contributed by atoms with Crippen molar-refractivity contribution in [3.8, 4) is 11.5 Å². The number of methoxy groups -OCH3 is 2. The van der Waals surface area contributed by atoms with Gasteiger partial charge in [-0.3, -0.25) is 4.18 Å². The monoisotopic (exact) mass is 622 g/mol. The number of ether oxygens (including phenoxy) is 5. The molecular formula is C30H42N2O10S. The van der Waals surface area contributed by atoms with E-state index in [1.807, 2.05) is 36.4 Å². The highest BCUT2D eigenvalue weighted by molar-refractivity contribution is 7.86. The van der Waals surface area contributed by atoms with Crippen LogP contribution in [0, 0.1) is 0 Å². The van der Waals surface area contributed by atoms with E-state index in [0.29, 0.717) is 19.0 Å². The molecule has 2 aliphatic rings. The molecule has 0 aromatic heterocycles. The minimum absolute atomic E-state index is 0.0473. The van der Waals surface area contributed by atoms with Gasteiger partial charge in [0.25, 0.3) is 10.1 Å². The minimum atomic E-state index is -3.68. The van der Waals surface area contributed by atoms with Gasteiger partial charge in [0.1, 0.15) is 18.1 Å². The molecule has 0 unspecified atom stereocenters. The van der Waals surface area contributed by atoms with E-state index in [9.17, 15) is 18.3 Å². The summed E-state index contributed by atoms with van der Waals surface area (Å²) in [7, 11) is -0.403. The Bertz CT molecular complexity index is 1310. The summed E-state index contributed by atoms with van der Waals surface area (Å²) in [5, 5.41) is 9.93. The second kappa shape index (κ2) is 15.1. The lowest BCUT2D eigenvalue weighted by Gasteiger charge is -2.43. The number of fused-ring (bicyclic) bond motifs is 1. The topological polar surface area (TPSA) is 133 Å². The van der Waals surface area contributed by atoms with Crippen LogP contribution < -0.4 is 14.4 Å². The summed E-state index contributed by atoms with van der Waals surface area (Å²) in [4.78, 5) is 15.7. The number of amides is 1. The molecule has 1 amide bonds. The van der Waals surface area contributed by atoms with Crippen LogP contribution in [-0.2, 0) is 35.1 Å². The lowest BCUT2D eigenvalue weighted by molar-refractivity contribution is -0.0983. The standard InChI is InChI=1S/C30H42N2O10S/c1-21(42-43(4,35)36)19-40-27-17-32(30(33)34)18-28(29(27)23-7-9-24(38-3)10-8-23)41-20-22-6-11-26-25(16-22)31(13-15-39-26)12-5-14-37-2/h6-11,16,21,27-29H,5,12-15,17-20H2,1-4H3,(H,33,34)/t21-,27-,28+,29+/m1/s1. The number of anilines is 1. The molecule has 2 aromatic carbocycles. The second-order valence-electron chi connectivity index (χ2n) is 10.8. The summed E-state index contributed by atoms with van der Waals surface area (Å²) in [6.45, 7) is 4.91. The van der Waals surface area contributed by atoms with Gasteiger partial charge in [-0.1, -0.05) is 18.2 Å². The Morgan fingerprint density at radius 1 is 1.09 bits per heavy atom. The largest absolute Gasteiger partial charge is 0.497 e. The number of hydrogen-bond acceptors (Lipinski definition) is 10. The van der Waals surface area contributed by atoms with Gasteiger partial charge in [0.15, 0.2) is 0 Å². The molecule has 13 heteroatoms. The van der Waals surface area contributed by atoms with Crippen LogP contribution in [0.2, 0.25) is 0 Å². The van der Waals surface area contributed by atoms with E-state index in [0.717, 1.165) is 48.3 Å². The van der Waals surface area contributed by atoms with Crippen molar-refractivity contribution in [2.45, 2.75) is 44.2 Å². The van der Waals surface area contributed by atoms with Crippen LogP contribution in [0.4, 0.5) is 10.5 Å². The normalized spacial score (nSPS) is 21.2. The molecule has 4 atom stereocenters. The van der Waals surface area contributed by atoms with Crippen molar-refractivity contribution in [3.63, 3.8) is 0 Å². The smallest absolute Gasteiger partial charge is 0.407 e. The first-order chi connectivity index (χ1) is 20.6. The van der Waals surface area contributed by atoms with E-state index in [1.54, 1.807) is 21.1 Å². The van der Waals surface area contributed by atoms with Gasteiger partial charge in [-0.2, -0.15) is 8.42 Å². The van der Waals surface area contributed by atoms with Crippen molar-refractivity contribution in [1.82, 2.24) is 4.90 Å². The van der Waals surface area contributed by atoms with Crippen molar-refractivity contribution in [1.29, 1.82) is 0 Å². The zero-order valence-corrected chi connectivity index (χ0v) is 26.0. The molecule has 2 heterocycles. The fourth-order valence-corrected chi connectivity index (χ4v) is 6.18. The molecule has 0 radical (unpaired) electrons. The van der Waals surface area contributed by atoms with Gasteiger partial charge in [0.2, 0.25) is 0 Å². The highest BCUT2D eigenvalue weighted by atomic mass is 32.2. The number of nitrogens with zero attached hydrogens (tertiary/aromatic N) is 2. The number of piperidine rings is 1. The van der Waals surface area contributed by atoms with Gasteiger partial charge in [-0.15, -0.1) is 0 Å². The fourth-order valence-electron chi connectivity index (χ4n) is 5.53. The first kappa shape index (κ1) is 32.8. The molecule has 0 saturated carbocycles. The summed E-state index contributed by atoms with van der Waals surface area (Å²) >= 11 is 0. The van der Waals surface area contributed by atoms with E-state index >= 15 is 0 Å². The molecule has 4 rings (SSSR count). The van der Waals surface area contributed by atoms with Crippen LogP contribution in [0.1, 0.15) is 30.4 Å². The summed E-state index contributed by atoms with van der Waals surface area (Å²) in [5.74, 6) is 1.15. The summed E-state index contributed by atoms with van der Waals surface area (Å²) in [5.41, 5.74) is 2.81. The summed E-state index contributed by atoms with van der Waals surface area (Å²) in [6, 6.07) is 13.5. The lowest BCUT2D eigenvalue weighted by Crippen LogP contribution is -2.54. The van der Waals surface area contributed by atoms with Crippen LogP contribution in [0.25, 0.3) is 0 Å². The Morgan fingerprint density at radius 2 is 1.81 bits per heavy atom. The average molecular weight is 623 g/mol. The summed E-state index contributed by atoms with van der Waals surface area (Å²) in [6.07, 6.45) is -1.15. The molecule has 43 heavy (non-hydrogen) atoms. The Labute approximate surface area is 253 Å². The zero-order valence-electron chi connectivity index (χ0n) is 25.1. The van der Waals surface area contributed by atoms with Gasteiger partial charge >= 0.3 is 6.09 Å². The number of carbonyl (C=O) groups is 1. The number of carboxylic acid groups (broad SMARTS) is 1. The molecule has 0 bridgehead atoms. The van der Waals surface area contributed by atoms with Gasteiger partial charge in [-0.25, -0.2) is 4.79 Å². The molecule has 12 nitrogen and oxygen atoms in total. The summed E-state index contributed by atoms with van der Waals surface area (Å²) < 4.78 is 57.4. The quantitative estimate of drug-likeness (QED) is 0.246. The maximum Gasteiger partial charge on any atom is 0.407 e. The number of hydrogen-bond donors (Lipinski definition) is 1. The third-order valence-electron chi connectivity index (χ3n) is 7.48. The highest BCUT2D eigenvalue weighted by Gasteiger charge is 2.41. The minimum Gasteiger partial charge on any atom is -0.497 e. The molecule has 1 N–H and O–H groups in total. The van der Waals surface area contributed by atoms with E-state index in [1.165, 1.54) is 4.90 Å². The van der Waals surface area contributed by atoms with E-state index in [2.05, 4.69) is 11.0 Å². The molecule has 0 spiro atoms. The lowest BCUT2D eigenvalue weighted by atomic mass is 9.84. The predicted octanol–water partition coefficient (Wildman–Crippen LogP) is 3.34. The van der Waals surface area contributed by atoms with Crippen molar-refractivity contribution in [2.24, 2.45) is 0 Å². The van der Waals surface area contributed by atoms with Crippen molar-refractivity contribution < 1.29 is 46.2 Å².